The summed E-state index contributed by atoms with van der Waals surface area (Å²) in [5.41, 5.74) is 0.279. The normalized spacial score (nSPS) is 23.0. The Morgan fingerprint density at radius 2 is 2.17 bits per heavy atom. The molecule has 2 aliphatic heterocycles. The summed E-state index contributed by atoms with van der Waals surface area (Å²) in [4.78, 5) is 26.0. The molecule has 0 radical (unpaired) electrons. The van der Waals surface area contributed by atoms with E-state index < -0.39 is 30.6 Å². The minimum atomic E-state index is -4.50. The van der Waals surface area contributed by atoms with E-state index in [1.807, 2.05) is 0 Å². The van der Waals surface area contributed by atoms with E-state index in [9.17, 15) is 22.8 Å². The van der Waals surface area contributed by atoms with E-state index in [1.54, 1.807) is 23.5 Å². The standard InChI is InChI=1S/C15H15ClF3N3O2/c16-9-2-1-3-10-12(9)14(4-5-20-7-14)13(24)22(10)6-11(23)21-8-15(17,18)19/h1-3,20H,4-8H2,(H,21,23). The Labute approximate surface area is 141 Å². The van der Waals surface area contributed by atoms with Crippen LogP contribution in [0.4, 0.5) is 18.9 Å². The SMILES string of the molecule is O=C(CN1C(=O)C2(CCNC2)c2c(Cl)cccc21)NCC(F)(F)F. The summed E-state index contributed by atoms with van der Waals surface area (Å²) >= 11 is 6.27. The third-order valence-electron chi connectivity index (χ3n) is 4.36. The lowest BCUT2D eigenvalue weighted by atomic mass is 9.81. The number of nitrogens with one attached hydrogen (secondary N) is 2. The Morgan fingerprint density at radius 3 is 2.79 bits per heavy atom. The molecule has 2 heterocycles. The van der Waals surface area contributed by atoms with E-state index in [4.69, 9.17) is 11.6 Å². The molecular formula is C15H15ClF3N3O2. The third kappa shape index (κ3) is 2.84. The van der Waals surface area contributed by atoms with Crippen LogP contribution in [0.5, 0.6) is 0 Å². The largest absolute Gasteiger partial charge is 0.405 e. The number of hydrogen-bond donors (Lipinski definition) is 2. The van der Waals surface area contributed by atoms with Crippen molar-refractivity contribution < 1.29 is 22.8 Å². The number of amides is 2. The topological polar surface area (TPSA) is 61.4 Å². The molecule has 24 heavy (non-hydrogen) atoms. The van der Waals surface area contributed by atoms with E-state index in [0.717, 1.165) is 0 Å². The molecule has 1 aromatic carbocycles. The van der Waals surface area contributed by atoms with Crippen LogP contribution in [-0.2, 0) is 15.0 Å². The predicted octanol–water partition coefficient (Wildman–Crippen LogP) is 1.60. The first kappa shape index (κ1) is 17.0. The summed E-state index contributed by atoms with van der Waals surface area (Å²) in [5, 5.41) is 5.32. The van der Waals surface area contributed by atoms with E-state index in [2.05, 4.69) is 5.32 Å². The zero-order valence-corrected chi connectivity index (χ0v) is 13.3. The summed E-state index contributed by atoms with van der Waals surface area (Å²) in [7, 11) is 0. The van der Waals surface area contributed by atoms with Gasteiger partial charge in [-0.15, -0.1) is 0 Å². The molecule has 1 spiro atoms. The van der Waals surface area contributed by atoms with Gasteiger partial charge in [0, 0.05) is 17.1 Å². The summed E-state index contributed by atoms with van der Waals surface area (Å²) in [6, 6.07) is 4.97. The molecule has 1 aromatic rings. The Balaban J connectivity index is 1.86. The lowest BCUT2D eigenvalue weighted by Gasteiger charge is -2.23. The van der Waals surface area contributed by atoms with Crippen LogP contribution in [0.3, 0.4) is 0 Å². The number of halogens is 4. The minimum Gasteiger partial charge on any atom is -0.345 e. The Hall–Kier alpha value is -1.80. The van der Waals surface area contributed by atoms with Gasteiger partial charge in [-0.1, -0.05) is 17.7 Å². The van der Waals surface area contributed by atoms with Crippen LogP contribution in [0.25, 0.3) is 0 Å². The van der Waals surface area contributed by atoms with Gasteiger partial charge >= 0.3 is 6.18 Å². The molecule has 1 unspecified atom stereocenters. The second kappa shape index (κ2) is 5.93. The highest BCUT2D eigenvalue weighted by Gasteiger charge is 2.53. The first-order valence-corrected chi connectivity index (χ1v) is 7.77. The van der Waals surface area contributed by atoms with Crippen molar-refractivity contribution in [2.24, 2.45) is 0 Å². The molecule has 2 amide bonds. The van der Waals surface area contributed by atoms with Gasteiger partial charge in [0.05, 0.1) is 11.1 Å². The van der Waals surface area contributed by atoms with Crippen molar-refractivity contribution in [2.75, 3.05) is 31.1 Å². The molecule has 3 rings (SSSR count). The summed E-state index contributed by atoms with van der Waals surface area (Å²) in [6.45, 7) is -0.874. The number of hydrogen-bond acceptors (Lipinski definition) is 3. The molecule has 130 valence electrons. The molecule has 0 aromatic heterocycles. The molecule has 1 saturated heterocycles. The van der Waals surface area contributed by atoms with Crippen molar-refractivity contribution in [3.63, 3.8) is 0 Å². The summed E-state index contributed by atoms with van der Waals surface area (Å²) in [6.07, 6.45) is -3.97. The maximum absolute atomic E-state index is 12.9. The average Bonchev–Trinajstić information content (AvgIpc) is 3.06. The van der Waals surface area contributed by atoms with Gasteiger partial charge in [-0.25, -0.2) is 0 Å². The number of anilines is 1. The number of benzene rings is 1. The fraction of sp³-hybridized carbons (Fsp3) is 0.467. The van der Waals surface area contributed by atoms with Crippen LogP contribution in [0.15, 0.2) is 18.2 Å². The quantitative estimate of drug-likeness (QED) is 0.859. The van der Waals surface area contributed by atoms with Crippen LogP contribution in [0.2, 0.25) is 5.02 Å². The van der Waals surface area contributed by atoms with E-state index in [0.29, 0.717) is 35.8 Å². The fourth-order valence-corrected chi connectivity index (χ4v) is 3.68. The van der Waals surface area contributed by atoms with Crippen LogP contribution in [-0.4, -0.2) is 44.2 Å². The monoisotopic (exact) mass is 361 g/mol. The second-order valence-corrected chi connectivity index (χ2v) is 6.33. The van der Waals surface area contributed by atoms with Crippen molar-refractivity contribution in [3.05, 3.63) is 28.8 Å². The van der Waals surface area contributed by atoms with Gasteiger partial charge in [0.1, 0.15) is 13.1 Å². The van der Waals surface area contributed by atoms with Crippen LogP contribution in [0, 0.1) is 0 Å². The molecule has 0 aliphatic carbocycles. The van der Waals surface area contributed by atoms with Gasteiger partial charge in [0.2, 0.25) is 11.8 Å². The molecule has 2 N–H and O–H groups in total. The van der Waals surface area contributed by atoms with Crippen molar-refractivity contribution in [2.45, 2.75) is 18.0 Å². The first-order chi connectivity index (χ1) is 11.2. The zero-order chi connectivity index (χ0) is 17.5. The van der Waals surface area contributed by atoms with Crippen molar-refractivity contribution in [1.82, 2.24) is 10.6 Å². The fourth-order valence-electron chi connectivity index (χ4n) is 3.33. The van der Waals surface area contributed by atoms with Crippen LogP contribution < -0.4 is 15.5 Å². The highest BCUT2D eigenvalue weighted by Crippen LogP contribution is 2.48. The van der Waals surface area contributed by atoms with E-state index in [-0.39, 0.29) is 5.91 Å². The Bertz CT molecular complexity index is 687. The molecule has 0 bridgehead atoms. The number of nitrogens with zero attached hydrogens (tertiary/aromatic N) is 1. The average molecular weight is 362 g/mol. The summed E-state index contributed by atoms with van der Waals surface area (Å²) < 4.78 is 36.7. The van der Waals surface area contributed by atoms with E-state index >= 15 is 0 Å². The molecule has 5 nitrogen and oxygen atoms in total. The third-order valence-corrected chi connectivity index (χ3v) is 4.67. The minimum absolute atomic E-state index is 0.308. The van der Waals surface area contributed by atoms with Gasteiger partial charge in [0.25, 0.3) is 0 Å². The van der Waals surface area contributed by atoms with Gasteiger partial charge in [-0.3, -0.25) is 9.59 Å². The van der Waals surface area contributed by atoms with Gasteiger partial charge < -0.3 is 15.5 Å². The molecule has 0 saturated carbocycles. The van der Waals surface area contributed by atoms with Gasteiger partial charge in [-0.2, -0.15) is 13.2 Å². The summed E-state index contributed by atoms with van der Waals surface area (Å²) in [5.74, 6) is -1.17. The zero-order valence-electron chi connectivity index (χ0n) is 12.5. The molecule has 1 atom stereocenters. The smallest absolute Gasteiger partial charge is 0.345 e. The van der Waals surface area contributed by atoms with Gasteiger partial charge in [0.15, 0.2) is 0 Å². The maximum Gasteiger partial charge on any atom is 0.405 e. The van der Waals surface area contributed by atoms with Gasteiger partial charge in [-0.05, 0) is 25.1 Å². The number of carbonyl (C=O) groups excluding carboxylic acids is 2. The predicted molar refractivity (Wildman–Crippen MR) is 82.0 cm³/mol. The molecular weight excluding hydrogens is 347 g/mol. The number of rotatable bonds is 3. The van der Waals surface area contributed by atoms with Crippen LogP contribution >= 0.6 is 11.6 Å². The number of fused-ring (bicyclic) bond motifs is 2. The highest BCUT2D eigenvalue weighted by molar-refractivity contribution is 6.33. The van der Waals surface area contributed by atoms with Crippen molar-refractivity contribution >= 4 is 29.1 Å². The van der Waals surface area contributed by atoms with E-state index in [1.165, 1.54) is 4.90 Å². The van der Waals surface area contributed by atoms with Crippen molar-refractivity contribution in [1.29, 1.82) is 0 Å². The highest BCUT2D eigenvalue weighted by atomic mass is 35.5. The molecule has 2 aliphatic rings. The lowest BCUT2D eigenvalue weighted by molar-refractivity contribution is -0.138. The van der Waals surface area contributed by atoms with Crippen molar-refractivity contribution in [3.8, 4) is 0 Å². The number of alkyl halides is 3. The number of carbonyl (C=O) groups is 2. The lowest BCUT2D eigenvalue weighted by Crippen LogP contribution is -2.47. The maximum atomic E-state index is 12.9. The Kier molecular flexibility index (Phi) is 4.21. The molecule has 9 heteroatoms. The Morgan fingerprint density at radius 1 is 1.42 bits per heavy atom. The molecule has 1 fully saturated rings. The first-order valence-electron chi connectivity index (χ1n) is 7.40. The van der Waals surface area contributed by atoms with Crippen LogP contribution in [0.1, 0.15) is 12.0 Å². The second-order valence-electron chi connectivity index (χ2n) is 5.93.